The number of pyridine rings is 2. The fourth-order valence-corrected chi connectivity index (χ4v) is 4.67. The number of ether oxygens (including phenoxy) is 1. The van der Waals surface area contributed by atoms with E-state index in [1.54, 1.807) is 30.7 Å². The largest absolute Gasteiger partial charge is 0.494 e. The number of halogens is 3. The zero-order valence-electron chi connectivity index (χ0n) is 21.9. The molecule has 0 radical (unpaired) electrons. The summed E-state index contributed by atoms with van der Waals surface area (Å²) in [7, 11) is 3.24. The molecular weight excluding hydrogens is 491 g/mol. The minimum atomic E-state index is -0.689. The number of rotatable bonds is 9. The van der Waals surface area contributed by atoms with Crippen molar-refractivity contribution in [3.63, 3.8) is 0 Å². The maximum absolute atomic E-state index is 15.4. The molecule has 0 aliphatic rings. The van der Waals surface area contributed by atoms with Crippen molar-refractivity contribution in [2.45, 2.75) is 33.4 Å². The Labute approximate surface area is 220 Å². The minimum absolute atomic E-state index is 0.00241. The van der Waals surface area contributed by atoms with Crippen molar-refractivity contribution < 1.29 is 17.9 Å². The van der Waals surface area contributed by atoms with E-state index in [9.17, 15) is 13.6 Å². The van der Waals surface area contributed by atoms with E-state index in [1.807, 2.05) is 30.1 Å². The summed E-state index contributed by atoms with van der Waals surface area (Å²) < 4.78 is 51.5. The first kappa shape index (κ1) is 27.1. The predicted octanol–water partition coefficient (Wildman–Crippen LogP) is 5.68. The van der Waals surface area contributed by atoms with Crippen LogP contribution < -0.4 is 10.2 Å². The van der Waals surface area contributed by atoms with Crippen LogP contribution in [-0.2, 0) is 19.5 Å². The Morgan fingerprint density at radius 2 is 1.63 bits per heavy atom. The number of hydrogen-bond acceptors (Lipinski definition) is 4. The quantitative estimate of drug-likeness (QED) is 0.285. The highest BCUT2D eigenvalue weighted by Gasteiger charge is 2.24. The second kappa shape index (κ2) is 11.6. The molecule has 2 aromatic carbocycles. The second-order valence-electron chi connectivity index (χ2n) is 9.27. The SMILES string of the molecule is COc1cccc(-c2c(C)n(Cc3c(F)cccc3F)c(C)c(CN(C)CCc3ccccn3)c2=O)c1F. The second-order valence-corrected chi connectivity index (χ2v) is 9.27. The van der Waals surface area contributed by atoms with Gasteiger partial charge in [0, 0.05) is 59.5 Å². The van der Waals surface area contributed by atoms with Crippen LogP contribution in [0.4, 0.5) is 13.2 Å². The average molecular weight is 522 g/mol. The first-order valence-corrected chi connectivity index (χ1v) is 12.3. The van der Waals surface area contributed by atoms with Crippen molar-refractivity contribution in [3.8, 4) is 16.9 Å². The summed E-state index contributed by atoms with van der Waals surface area (Å²) in [5.41, 5.74) is 2.06. The Hall–Kier alpha value is -3.91. The van der Waals surface area contributed by atoms with E-state index in [0.717, 1.165) is 5.69 Å². The molecule has 4 aromatic rings. The maximum atomic E-state index is 15.4. The molecule has 38 heavy (non-hydrogen) atoms. The van der Waals surface area contributed by atoms with Crippen molar-refractivity contribution in [3.05, 3.63) is 117 Å². The third-order valence-corrected chi connectivity index (χ3v) is 6.84. The van der Waals surface area contributed by atoms with Crippen LogP contribution in [0.5, 0.6) is 5.75 Å². The van der Waals surface area contributed by atoms with Gasteiger partial charge in [-0.1, -0.05) is 24.3 Å². The average Bonchev–Trinajstić information content (AvgIpc) is 2.91. The Bertz CT molecular complexity index is 1480. The molecule has 0 saturated heterocycles. The van der Waals surface area contributed by atoms with Crippen molar-refractivity contribution in [1.29, 1.82) is 0 Å². The van der Waals surface area contributed by atoms with Gasteiger partial charge < -0.3 is 14.2 Å². The highest BCUT2D eigenvalue weighted by atomic mass is 19.1. The number of methoxy groups -OCH3 is 1. The fourth-order valence-electron chi connectivity index (χ4n) is 4.67. The highest BCUT2D eigenvalue weighted by Crippen LogP contribution is 2.31. The fraction of sp³-hybridized carbons (Fsp3) is 0.267. The van der Waals surface area contributed by atoms with Crippen LogP contribution in [0.2, 0.25) is 0 Å². The van der Waals surface area contributed by atoms with Crippen molar-refractivity contribution in [2.24, 2.45) is 0 Å². The molecule has 0 saturated carbocycles. The standard InChI is InChI=1S/C30H30F3N3O2/c1-19-23(17-35(3)16-14-21-9-5-6-15-34-21)30(37)28(22-10-7-13-27(38-4)29(22)33)20(2)36(19)18-24-25(31)11-8-12-26(24)32/h5-13,15H,14,16-18H2,1-4H3. The van der Waals surface area contributed by atoms with Gasteiger partial charge in [-0.3, -0.25) is 9.78 Å². The third kappa shape index (κ3) is 5.50. The van der Waals surface area contributed by atoms with Gasteiger partial charge >= 0.3 is 0 Å². The number of aromatic nitrogens is 2. The molecule has 198 valence electrons. The van der Waals surface area contributed by atoms with Gasteiger partial charge in [0.05, 0.1) is 19.2 Å². The Morgan fingerprint density at radius 3 is 2.29 bits per heavy atom. The third-order valence-electron chi connectivity index (χ3n) is 6.84. The van der Waals surface area contributed by atoms with Crippen molar-refractivity contribution in [2.75, 3.05) is 20.7 Å². The molecule has 5 nitrogen and oxygen atoms in total. The number of hydrogen-bond donors (Lipinski definition) is 0. The molecule has 0 amide bonds. The molecule has 2 aromatic heterocycles. The molecule has 2 heterocycles. The Morgan fingerprint density at radius 1 is 0.921 bits per heavy atom. The lowest BCUT2D eigenvalue weighted by Gasteiger charge is -2.24. The van der Waals surface area contributed by atoms with E-state index in [1.165, 1.54) is 37.4 Å². The van der Waals surface area contributed by atoms with Crippen molar-refractivity contribution in [1.82, 2.24) is 14.5 Å². The van der Waals surface area contributed by atoms with E-state index in [4.69, 9.17) is 4.74 Å². The minimum Gasteiger partial charge on any atom is -0.494 e. The molecule has 0 atom stereocenters. The molecule has 0 bridgehead atoms. The number of benzene rings is 2. The highest BCUT2D eigenvalue weighted by molar-refractivity contribution is 5.69. The molecule has 0 unspecified atom stereocenters. The van der Waals surface area contributed by atoms with Crippen LogP contribution in [0.25, 0.3) is 11.1 Å². The van der Waals surface area contributed by atoms with E-state index in [0.29, 0.717) is 29.9 Å². The summed E-state index contributed by atoms with van der Waals surface area (Å²) in [5.74, 6) is -2.05. The molecular formula is C30H30F3N3O2. The van der Waals surface area contributed by atoms with Gasteiger partial charge in [-0.25, -0.2) is 13.2 Å². The molecule has 4 rings (SSSR count). The lowest BCUT2D eigenvalue weighted by atomic mass is 9.97. The van der Waals surface area contributed by atoms with Crippen LogP contribution in [-0.4, -0.2) is 35.2 Å². The lowest BCUT2D eigenvalue weighted by Crippen LogP contribution is -2.30. The van der Waals surface area contributed by atoms with Crippen LogP contribution in [0.3, 0.4) is 0 Å². The summed E-state index contributed by atoms with van der Waals surface area (Å²) in [4.78, 5) is 20.2. The molecule has 0 aliphatic heterocycles. The first-order chi connectivity index (χ1) is 18.2. The first-order valence-electron chi connectivity index (χ1n) is 12.3. The smallest absolute Gasteiger partial charge is 0.194 e. The molecule has 8 heteroatoms. The van der Waals surface area contributed by atoms with E-state index < -0.39 is 17.5 Å². The van der Waals surface area contributed by atoms with Gasteiger partial charge in [0.15, 0.2) is 17.0 Å². The van der Waals surface area contributed by atoms with E-state index in [-0.39, 0.29) is 41.0 Å². The Kier molecular flexibility index (Phi) is 8.32. The zero-order valence-corrected chi connectivity index (χ0v) is 21.9. The van der Waals surface area contributed by atoms with E-state index >= 15 is 4.39 Å². The van der Waals surface area contributed by atoms with Crippen LogP contribution in [0.15, 0.2) is 65.6 Å². The van der Waals surface area contributed by atoms with Crippen LogP contribution in [0, 0.1) is 31.3 Å². The Balaban J connectivity index is 1.83. The zero-order chi connectivity index (χ0) is 27.4. The lowest BCUT2D eigenvalue weighted by molar-refractivity contribution is 0.327. The molecule has 0 fully saturated rings. The van der Waals surface area contributed by atoms with Crippen LogP contribution in [0.1, 0.15) is 28.2 Å². The van der Waals surface area contributed by atoms with Gasteiger partial charge in [0.1, 0.15) is 11.6 Å². The molecule has 0 N–H and O–H groups in total. The van der Waals surface area contributed by atoms with Gasteiger partial charge in [-0.15, -0.1) is 0 Å². The molecule has 0 spiro atoms. The summed E-state index contributed by atoms with van der Waals surface area (Å²) in [5, 5.41) is 0. The summed E-state index contributed by atoms with van der Waals surface area (Å²) >= 11 is 0. The number of nitrogens with zero attached hydrogens (tertiary/aromatic N) is 3. The summed E-state index contributed by atoms with van der Waals surface area (Å²) in [6.07, 6.45) is 2.41. The van der Waals surface area contributed by atoms with Gasteiger partial charge in [-0.05, 0) is 51.2 Å². The van der Waals surface area contributed by atoms with Gasteiger partial charge in [0.25, 0.3) is 0 Å². The maximum Gasteiger partial charge on any atom is 0.194 e. The van der Waals surface area contributed by atoms with E-state index in [2.05, 4.69) is 4.98 Å². The van der Waals surface area contributed by atoms with Gasteiger partial charge in [-0.2, -0.15) is 0 Å². The van der Waals surface area contributed by atoms with Crippen LogP contribution >= 0.6 is 0 Å². The normalized spacial score (nSPS) is 11.3. The van der Waals surface area contributed by atoms with Crippen molar-refractivity contribution >= 4 is 0 Å². The van der Waals surface area contributed by atoms with Gasteiger partial charge in [0.2, 0.25) is 0 Å². The molecule has 0 aliphatic carbocycles. The number of likely N-dealkylation sites (N-methyl/N-ethyl adjacent to an activating group) is 1. The summed E-state index contributed by atoms with van der Waals surface area (Å²) in [6.45, 7) is 4.14. The monoisotopic (exact) mass is 521 g/mol. The predicted molar refractivity (Wildman–Crippen MR) is 142 cm³/mol. The summed E-state index contributed by atoms with van der Waals surface area (Å²) in [6, 6.07) is 14.0. The topological polar surface area (TPSA) is 47.4 Å².